The molecule has 2 aromatic rings. The van der Waals surface area contributed by atoms with Crippen LogP contribution in [0.4, 0.5) is 5.69 Å². The number of anilines is 1. The smallest absolute Gasteiger partial charge is 0.258 e. The molecule has 0 unspecified atom stereocenters. The number of nitrogens with one attached hydrogen (secondary N) is 1. The Balaban J connectivity index is 2.06. The van der Waals surface area contributed by atoms with Crippen LogP contribution < -0.4 is 10.9 Å². The number of amides is 1. The number of rotatable bonds is 6. The second kappa shape index (κ2) is 7.46. The van der Waals surface area contributed by atoms with Gasteiger partial charge in [0.05, 0.1) is 11.8 Å². The lowest BCUT2D eigenvalue weighted by Crippen LogP contribution is -2.22. The fourth-order valence-corrected chi connectivity index (χ4v) is 2.54. The van der Waals surface area contributed by atoms with E-state index in [9.17, 15) is 14.7 Å². The molecule has 0 aliphatic heterocycles. The lowest BCUT2D eigenvalue weighted by molar-refractivity contribution is -0.113. The van der Waals surface area contributed by atoms with Crippen molar-refractivity contribution in [2.45, 2.75) is 11.7 Å². The van der Waals surface area contributed by atoms with Crippen LogP contribution in [-0.4, -0.2) is 26.3 Å². The Bertz CT molecular complexity index is 729. The lowest BCUT2D eigenvalue weighted by Gasteiger charge is -2.09. The minimum absolute atomic E-state index is 0.0714. The van der Waals surface area contributed by atoms with E-state index in [4.69, 9.17) is 0 Å². The molecule has 0 radical (unpaired) electrons. The normalized spacial score (nSPS) is 10.2. The third-order valence-corrected chi connectivity index (χ3v) is 3.64. The summed E-state index contributed by atoms with van der Waals surface area (Å²) >= 11 is 1.07. The van der Waals surface area contributed by atoms with Crippen LogP contribution in [0.15, 0.2) is 59.0 Å². The number of allylic oxidation sites excluding steroid dienone is 1. The molecule has 0 bridgehead atoms. The molecule has 0 saturated carbocycles. The number of benzene rings is 1. The van der Waals surface area contributed by atoms with Crippen LogP contribution in [0.3, 0.4) is 0 Å². The van der Waals surface area contributed by atoms with Crippen molar-refractivity contribution in [3.63, 3.8) is 0 Å². The number of para-hydroxylation sites is 1. The summed E-state index contributed by atoms with van der Waals surface area (Å²) in [6.07, 6.45) is 1.55. The second-order valence-corrected chi connectivity index (χ2v) is 5.28. The Morgan fingerprint density at radius 1 is 1.41 bits per heavy atom. The Labute approximate surface area is 131 Å². The van der Waals surface area contributed by atoms with Crippen molar-refractivity contribution in [1.29, 1.82) is 0 Å². The molecule has 2 N–H and O–H groups in total. The highest BCUT2D eigenvalue weighted by Crippen LogP contribution is 2.17. The lowest BCUT2D eigenvalue weighted by atomic mass is 10.3. The highest BCUT2D eigenvalue weighted by atomic mass is 32.2. The van der Waals surface area contributed by atoms with Gasteiger partial charge in [0.1, 0.15) is 0 Å². The summed E-state index contributed by atoms with van der Waals surface area (Å²) in [5, 5.41) is 12.4. The molecule has 0 fully saturated rings. The van der Waals surface area contributed by atoms with E-state index in [2.05, 4.69) is 16.9 Å². The largest absolute Gasteiger partial charge is 0.493 e. The van der Waals surface area contributed by atoms with Gasteiger partial charge >= 0.3 is 0 Å². The van der Waals surface area contributed by atoms with Crippen LogP contribution in [0, 0.1) is 0 Å². The van der Waals surface area contributed by atoms with Crippen molar-refractivity contribution < 1.29 is 9.90 Å². The van der Waals surface area contributed by atoms with Gasteiger partial charge in [0.2, 0.25) is 11.8 Å². The van der Waals surface area contributed by atoms with E-state index in [1.54, 1.807) is 18.2 Å². The Hall–Kier alpha value is -2.54. The molecule has 0 spiro atoms. The third kappa shape index (κ3) is 4.23. The molecule has 0 atom stereocenters. The van der Waals surface area contributed by atoms with Crippen LogP contribution in [0.2, 0.25) is 0 Å². The second-order valence-electron chi connectivity index (χ2n) is 4.34. The maximum Gasteiger partial charge on any atom is 0.258 e. The molecule has 2 rings (SSSR count). The zero-order valence-corrected chi connectivity index (χ0v) is 12.5. The highest BCUT2D eigenvalue weighted by Gasteiger charge is 2.11. The molecular weight excluding hydrogens is 302 g/mol. The van der Waals surface area contributed by atoms with Crippen LogP contribution >= 0.6 is 11.8 Å². The van der Waals surface area contributed by atoms with Crippen LogP contribution in [0.5, 0.6) is 5.88 Å². The van der Waals surface area contributed by atoms with Crippen molar-refractivity contribution in [3.8, 4) is 5.88 Å². The minimum Gasteiger partial charge on any atom is -0.493 e. The predicted molar refractivity (Wildman–Crippen MR) is 86.2 cm³/mol. The summed E-state index contributed by atoms with van der Waals surface area (Å²) in [5.74, 6) is -0.516. The van der Waals surface area contributed by atoms with Gasteiger partial charge in [-0.25, -0.2) is 0 Å². The maximum atomic E-state index is 11.9. The van der Waals surface area contributed by atoms with Crippen molar-refractivity contribution in [2.24, 2.45) is 0 Å². The van der Waals surface area contributed by atoms with Crippen LogP contribution in [-0.2, 0) is 11.3 Å². The van der Waals surface area contributed by atoms with Crippen molar-refractivity contribution >= 4 is 23.4 Å². The van der Waals surface area contributed by atoms with Gasteiger partial charge < -0.3 is 10.4 Å². The molecule has 1 aromatic carbocycles. The maximum absolute atomic E-state index is 11.9. The average molecular weight is 317 g/mol. The first-order chi connectivity index (χ1) is 10.6. The molecule has 114 valence electrons. The summed E-state index contributed by atoms with van der Waals surface area (Å²) < 4.78 is 1.34. The number of carbonyl (C=O) groups excluding carboxylic acids is 1. The minimum atomic E-state index is -0.390. The van der Waals surface area contributed by atoms with Crippen LogP contribution in [0.1, 0.15) is 0 Å². The molecule has 0 aliphatic carbocycles. The molecule has 1 aromatic heterocycles. The topological polar surface area (TPSA) is 84.2 Å². The first-order valence-electron chi connectivity index (χ1n) is 6.49. The number of aromatic nitrogens is 2. The van der Waals surface area contributed by atoms with Gasteiger partial charge in [-0.15, -0.1) is 6.58 Å². The molecule has 1 amide bonds. The number of hydrogen-bond acceptors (Lipinski definition) is 5. The zero-order valence-electron chi connectivity index (χ0n) is 11.7. The van der Waals surface area contributed by atoms with Gasteiger partial charge in [-0.3, -0.25) is 14.2 Å². The standard InChI is InChI=1S/C15H15N3O3S/c1-2-8-18-14(21)9-12(19)17-15(18)22-10-13(20)16-11-6-4-3-5-7-11/h2-7,9,19H,1,8,10H2,(H,16,20). The summed E-state index contributed by atoms with van der Waals surface area (Å²) in [5.41, 5.74) is 0.304. The SMILES string of the molecule is C=CCn1c(SCC(=O)Nc2ccccc2)nc(O)cc1=O. The van der Waals surface area contributed by atoms with Gasteiger partial charge in [-0.1, -0.05) is 36.0 Å². The van der Waals surface area contributed by atoms with Crippen molar-refractivity contribution in [1.82, 2.24) is 9.55 Å². The predicted octanol–water partition coefficient (Wildman–Crippen LogP) is 1.87. The number of aromatic hydroxyl groups is 1. The van der Waals surface area contributed by atoms with E-state index in [1.165, 1.54) is 4.57 Å². The van der Waals surface area contributed by atoms with Crippen LogP contribution in [0.25, 0.3) is 0 Å². The van der Waals surface area contributed by atoms with Gasteiger partial charge in [-0.05, 0) is 12.1 Å². The number of thioether (sulfide) groups is 1. The van der Waals surface area contributed by atoms with E-state index < -0.39 is 5.56 Å². The molecular formula is C15H15N3O3S. The fourth-order valence-electron chi connectivity index (χ4n) is 1.73. The summed E-state index contributed by atoms with van der Waals surface area (Å²) in [6, 6.07) is 10.1. The molecule has 6 nitrogen and oxygen atoms in total. The quantitative estimate of drug-likeness (QED) is 0.483. The molecule has 7 heteroatoms. The molecule has 0 saturated heterocycles. The van der Waals surface area contributed by atoms with E-state index in [1.807, 2.05) is 18.2 Å². The van der Waals surface area contributed by atoms with Gasteiger partial charge in [0.15, 0.2) is 5.16 Å². The summed E-state index contributed by atoms with van der Waals surface area (Å²) in [6.45, 7) is 3.83. The molecule has 0 aliphatic rings. The monoisotopic (exact) mass is 317 g/mol. The van der Waals surface area contributed by atoms with Crippen molar-refractivity contribution in [3.05, 3.63) is 59.4 Å². The van der Waals surface area contributed by atoms with E-state index in [0.717, 1.165) is 17.8 Å². The summed E-state index contributed by atoms with van der Waals surface area (Å²) in [4.78, 5) is 27.6. The Morgan fingerprint density at radius 3 is 2.82 bits per heavy atom. The fraction of sp³-hybridized carbons (Fsp3) is 0.133. The first-order valence-corrected chi connectivity index (χ1v) is 7.48. The third-order valence-electron chi connectivity index (χ3n) is 2.66. The first kappa shape index (κ1) is 15.8. The zero-order chi connectivity index (χ0) is 15.9. The van der Waals surface area contributed by atoms with E-state index in [0.29, 0.717) is 5.69 Å². The number of carbonyl (C=O) groups is 1. The van der Waals surface area contributed by atoms with Gasteiger partial charge in [0.25, 0.3) is 5.56 Å². The van der Waals surface area contributed by atoms with Gasteiger partial charge in [-0.2, -0.15) is 4.98 Å². The average Bonchev–Trinajstić information content (AvgIpc) is 2.49. The number of hydrogen-bond donors (Lipinski definition) is 2. The number of nitrogens with zero attached hydrogens (tertiary/aromatic N) is 2. The molecule has 22 heavy (non-hydrogen) atoms. The Kier molecular flexibility index (Phi) is 5.37. The van der Waals surface area contributed by atoms with Gasteiger partial charge in [0, 0.05) is 12.2 Å². The summed E-state index contributed by atoms with van der Waals surface area (Å²) in [7, 11) is 0. The Morgan fingerprint density at radius 2 is 2.14 bits per heavy atom. The highest BCUT2D eigenvalue weighted by molar-refractivity contribution is 7.99. The van der Waals surface area contributed by atoms with E-state index in [-0.39, 0.29) is 29.2 Å². The van der Waals surface area contributed by atoms with E-state index >= 15 is 0 Å². The van der Waals surface area contributed by atoms with Crippen molar-refractivity contribution in [2.75, 3.05) is 11.1 Å². The molecule has 1 heterocycles.